The van der Waals surface area contributed by atoms with Crippen LogP contribution in [-0.2, 0) is 4.74 Å². The molecule has 0 bridgehead atoms. The standard InChI is InChI=1S/C9H18N4O/c1-3-13-9(10)7-12-8-11-5-4-6-14-2/h3-7H2,1-2H3,(H2,10,13). The molecule has 14 heavy (non-hydrogen) atoms. The van der Waals surface area contributed by atoms with Crippen molar-refractivity contribution in [1.82, 2.24) is 5.32 Å². The van der Waals surface area contributed by atoms with Gasteiger partial charge in [-0.05, 0) is 13.3 Å². The summed E-state index contributed by atoms with van der Waals surface area (Å²) in [6, 6.07) is 2.55. The molecule has 2 N–H and O–H groups in total. The van der Waals surface area contributed by atoms with Crippen molar-refractivity contribution in [3.8, 4) is 0 Å². The normalized spacial score (nSPS) is 9.00. The SMILES string of the molecule is CCNC(=N)CN=C=NCCCOC. The first kappa shape index (κ1) is 12.8. The monoisotopic (exact) mass is 198 g/mol. The van der Waals surface area contributed by atoms with Crippen molar-refractivity contribution in [3.63, 3.8) is 0 Å². The molecule has 0 heterocycles. The van der Waals surface area contributed by atoms with Crippen LogP contribution in [0.1, 0.15) is 13.3 Å². The fourth-order valence-electron chi connectivity index (χ4n) is 0.772. The fourth-order valence-corrected chi connectivity index (χ4v) is 0.772. The van der Waals surface area contributed by atoms with E-state index in [-0.39, 0.29) is 0 Å². The Balaban J connectivity index is 3.45. The molecule has 0 spiro atoms. The molecular weight excluding hydrogens is 180 g/mol. The van der Waals surface area contributed by atoms with Crippen LogP contribution in [0.2, 0.25) is 0 Å². The van der Waals surface area contributed by atoms with E-state index in [0.29, 0.717) is 25.5 Å². The van der Waals surface area contributed by atoms with Gasteiger partial charge >= 0.3 is 0 Å². The maximum absolute atomic E-state index is 7.33. The van der Waals surface area contributed by atoms with Crippen molar-refractivity contribution in [1.29, 1.82) is 5.41 Å². The Hall–Kier alpha value is -1.19. The zero-order chi connectivity index (χ0) is 10.6. The summed E-state index contributed by atoms with van der Waals surface area (Å²) in [5, 5.41) is 10.2. The van der Waals surface area contributed by atoms with E-state index in [0.717, 1.165) is 13.0 Å². The van der Waals surface area contributed by atoms with Crippen molar-refractivity contribution in [3.05, 3.63) is 0 Å². The zero-order valence-corrected chi connectivity index (χ0v) is 8.84. The van der Waals surface area contributed by atoms with E-state index < -0.39 is 0 Å². The average molecular weight is 198 g/mol. The number of hydrogen-bond acceptors (Lipinski definition) is 4. The van der Waals surface area contributed by atoms with E-state index in [2.05, 4.69) is 21.3 Å². The van der Waals surface area contributed by atoms with E-state index in [4.69, 9.17) is 10.1 Å². The van der Waals surface area contributed by atoms with Gasteiger partial charge < -0.3 is 10.1 Å². The molecule has 0 rings (SSSR count). The van der Waals surface area contributed by atoms with Gasteiger partial charge in [0, 0.05) is 20.3 Å². The minimum absolute atomic E-state index is 0.321. The smallest absolute Gasteiger partial charge is 0.116 e. The Morgan fingerprint density at radius 1 is 1.50 bits per heavy atom. The van der Waals surface area contributed by atoms with Gasteiger partial charge in [-0.1, -0.05) is 0 Å². The molecule has 0 saturated carbocycles. The van der Waals surface area contributed by atoms with Crippen LogP contribution < -0.4 is 5.32 Å². The third-order valence-corrected chi connectivity index (χ3v) is 1.39. The van der Waals surface area contributed by atoms with Gasteiger partial charge in [0.15, 0.2) is 0 Å². The molecule has 0 aromatic carbocycles. The van der Waals surface area contributed by atoms with Crippen LogP contribution in [0.4, 0.5) is 0 Å². The molecule has 0 aromatic heterocycles. The van der Waals surface area contributed by atoms with Gasteiger partial charge in [-0.15, -0.1) is 0 Å². The third-order valence-electron chi connectivity index (χ3n) is 1.39. The lowest BCUT2D eigenvalue weighted by atomic mass is 10.5. The van der Waals surface area contributed by atoms with Gasteiger partial charge in [0.25, 0.3) is 0 Å². The molecule has 0 fully saturated rings. The highest BCUT2D eigenvalue weighted by Gasteiger charge is 1.88. The minimum Gasteiger partial charge on any atom is -0.385 e. The molecule has 0 radical (unpaired) electrons. The Morgan fingerprint density at radius 2 is 2.29 bits per heavy atom. The zero-order valence-electron chi connectivity index (χ0n) is 8.84. The van der Waals surface area contributed by atoms with E-state index in [1.54, 1.807) is 7.11 Å². The summed E-state index contributed by atoms with van der Waals surface area (Å²) < 4.78 is 4.86. The molecule has 5 heteroatoms. The highest BCUT2D eigenvalue weighted by atomic mass is 16.5. The Kier molecular flexibility index (Phi) is 9.05. The number of hydrogen-bond donors (Lipinski definition) is 2. The topological polar surface area (TPSA) is 69.8 Å². The lowest BCUT2D eigenvalue weighted by Gasteiger charge is -1.98. The first-order chi connectivity index (χ1) is 6.81. The molecule has 0 aliphatic rings. The second-order valence-electron chi connectivity index (χ2n) is 2.65. The van der Waals surface area contributed by atoms with Crippen molar-refractivity contribution in [2.75, 3.05) is 33.4 Å². The van der Waals surface area contributed by atoms with E-state index >= 15 is 0 Å². The first-order valence-corrected chi connectivity index (χ1v) is 4.69. The molecule has 0 aliphatic heterocycles. The largest absolute Gasteiger partial charge is 0.385 e. The number of nitrogens with one attached hydrogen (secondary N) is 2. The van der Waals surface area contributed by atoms with Crippen LogP contribution in [0.25, 0.3) is 0 Å². The predicted molar refractivity (Wildman–Crippen MR) is 57.5 cm³/mol. The summed E-state index contributed by atoms with van der Waals surface area (Å²) >= 11 is 0. The van der Waals surface area contributed by atoms with Crippen molar-refractivity contribution < 1.29 is 4.74 Å². The van der Waals surface area contributed by atoms with Crippen molar-refractivity contribution in [2.45, 2.75) is 13.3 Å². The first-order valence-electron chi connectivity index (χ1n) is 4.69. The molecule has 0 aliphatic carbocycles. The van der Waals surface area contributed by atoms with Gasteiger partial charge in [-0.3, -0.25) is 5.41 Å². The molecule has 0 atom stereocenters. The van der Waals surface area contributed by atoms with Crippen LogP contribution in [0, 0.1) is 5.41 Å². The van der Waals surface area contributed by atoms with Gasteiger partial charge in [-0.2, -0.15) is 0 Å². The maximum Gasteiger partial charge on any atom is 0.116 e. The molecule has 5 nitrogen and oxygen atoms in total. The third kappa shape index (κ3) is 8.90. The number of methoxy groups -OCH3 is 1. The van der Waals surface area contributed by atoms with Crippen molar-refractivity contribution in [2.24, 2.45) is 9.98 Å². The second-order valence-corrected chi connectivity index (χ2v) is 2.65. The summed E-state index contributed by atoms with van der Waals surface area (Å²) in [6.45, 7) is 4.39. The minimum atomic E-state index is 0.321. The second kappa shape index (κ2) is 9.89. The van der Waals surface area contributed by atoms with Crippen LogP contribution in [0.3, 0.4) is 0 Å². The van der Waals surface area contributed by atoms with E-state index in [1.807, 2.05) is 6.92 Å². The van der Waals surface area contributed by atoms with Crippen molar-refractivity contribution >= 4 is 11.8 Å². The van der Waals surface area contributed by atoms with Crippen LogP contribution in [0.5, 0.6) is 0 Å². The Labute approximate surface area is 84.8 Å². The summed E-state index contributed by atoms with van der Waals surface area (Å²) in [5.41, 5.74) is 0. The van der Waals surface area contributed by atoms with Gasteiger partial charge in [0.2, 0.25) is 0 Å². The van der Waals surface area contributed by atoms with Gasteiger partial charge in [0.1, 0.15) is 12.4 Å². The predicted octanol–water partition coefficient (Wildman–Crippen LogP) is 0.784. The van der Waals surface area contributed by atoms with E-state index in [9.17, 15) is 0 Å². The van der Waals surface area contributed by atoms with Gasteiger partial charge in [-0.25, -0.2) is 9.98 Å². The Bertz CT molecular complexity index is 209. The fraction of sp³-hybridized carbons (Fsp3) is 0.778. The van der Waals surface area contributed by atoms with Crippen LogP contribution >= 0.6 is 0 Å². The summed E-state index contributed by atoms with van der Waals surface area (Å²) in [5.74, 6) is 0.395. The number of amidine groups is 1. The number of likely N-dealkylation sites (N-methyl/N-ethyl adjacent to an activating group) is 1. The van der Waals surface area contributed by atoms with Crippen LogP contribution in [0.15, 0.2) is 9.98 Å². The lowest BCUT2D eigenvalue weighted by Crippen LogP contribution is -2.24. The molecule has 0 unspecified atom stereocenters. The summed E-state index contributed by atoms with van der Waals surface area (Å²) in [6.07, 6.45) is 0.879. The molecular formula is C9H18N4O. The summed E-state index contributed by atoms with van der Waals surface area (Å²) in [7, 11) is 1.66. The number of nitrogens with zero attached hydrogens (tertiary/aromatic N) is 2. The molecule has 0 aromatic rings. The molecule has 80 valence electrons. The highest BCUT2D eigenvalue weighted by molar-refractivity contribution is 5.81. The molecule has 0 saturated heterocycles. The summed E-state index contributed by atoms with van der Waals surface area (Å²) in [4.78, 5) is 7.76. The number of ether oxygens (including phenoxy) is 1. The number of rotatable bonds is 7. The lowest BCUT2D eigenvalue weighted by molar-refractivity contribution is 0.197. The Morgan fingerprint density at radius 3 is 2.93 bits per heavy atom. The highest BCUT2D eigenvalue weighted by Crippen LogP contribution is 1.79. The van der Waals surface area contributed by atoms with Crippen LogP contribution in [-0.4, -0.2) is 45.2 Å². The molecule has 0 amide bonds. The quantitative estimate of drug-likeness (QED) is 0.360. The average Bonchev–Trinajstić information content (AvgIpc) is 2.17. The van der Waals surface area contributed by atoms with Gasteiger partial charge in [0.05, 0.1) is 12.6 Å². The maximum atomic E-state index is 7.33. The van der Waals surface area contributed by atoms with E-state index in [1.165, 1.54) is 0 Å². The number of aliphatic imine (C=N–C) groups is 2.